The molecular weight excluding hydrogens is 215 g/mol. The summed E-state index contributed by atoms with van der Waals surface area (Å²) in [7, 11) is -0.380. The van der Waals surface area contributed by atoms with E-state index in [9.17, 15) is 0 Å². The molecule has 0 aliphatic carbocycles. The molecule has 1 nitrogen and oxygen atoms in total. The molecule has 1 aromatic rings. The Balaban J connectivity index is 2.85. The molecule has 1 aromatic carbocycles. The quantitative estimate of drug-likeness (QED) is 0.678. The van der Waals surface area contributed by atoms with Gasteiger partial charge in [-0.2, -0.15) is 0 Å². The number of aryl methyl sites for hydroxylation is 2. The predicted molar refractivity (Wildman–Crippen MR) is 73.7 cm³/mol. The summed E-state index contributed by atoms with van der Waals surface area (Å²) >= 11 is 0. The Bertz CT molecular complexity index is 316. The zero-order valence-electron chi connectivity index (χ0n) is 11.2. The highest BCUT2D eigenvalue weighted by molar-refractivity contribution is 7.54. The molecule has 2 heteroatoms. The van der Waals surface area contributed by atoms with Gasteiger partial charge in [0.25, 0.3) is 0 Å². The van der Waals surface area contributed by atoms with E-state index >= 15 is 0 Å². The summed E-state index contributed by atoms with van der Waals surface area (Å²) in [5.41, 5.74) is 3.77. The van der Waals surface area contributed by atoms with Gasteiger partial charge in [-0.3, -0.25) is 0 Å². The molecule has 0 N–H and O–H groups in total. The normalized spacial score (nSPS) is 11.6. The molecule has 0 heterocycles. The van der Waals surface area contributed by atoms with Crippen LogP contribution >= 0.6 is 8.15 Å². The molecule has 0 aliphatic heterocycles. The van der Waals surface area contributed by atoms with E-state index in [0.717, 1.165) is 5.75 Å². The molecule has 0 aromatic heterocycles. The van der Waals surface area contributed by atoms with Crippen molar-refractivity contribution in [3.05, 3.63) is 29.3 Å². The minimum atomic E-state index is -0.380. The standard InChI is InChI=1S/C14H23OP/c1-10(2)16(11(3)4)15-14-8-12(5)7-13(6)9-14/h7-11H,1-6H3. The molecule has 0 unspecified atom stereocenters. The summed E-state index contributed by atoms with van der Waals surface area (Å²) in [4.78, 5) is 0. The van der Waals surface area contributed by atoms with Gasteiger partial charge in [-0.25, -0.2) is 0 Å². The summed E-state index contributed by atoms with van der Waals surface area (Å²) in [6, 6.07) is 6.44. The second-order valence-electron chi connectivity index (χ2n) is 4.96. The van der Waals surface area contributed by atoms with Crippen LogP contribution in [0.3, 0.4) is 0 Å². The van der Waals surface area contributed by atoms with Crippen LogP contribution < -0.4 is 4.52 Å². The Hall–Kier alpha value is -0.550. The van der Waals surface area contributed by atoms with Crippen molar-refractivity contribution in [3.63, 3.8) is 0 Å². The highest BCUT2D eigenvalue weighted by Crippen LogP contribution is 2.47. The molecule has 0 radical (unpaired) electrons. The Labute approximate surface area is 101 Å². The van der Waals surface area contributed by atoms with Crippen molar-refractivity contribution in [2.45, 2.75) is 52.9 Å². The lowest BCUT2D eigenvalue weighted by atomic mass is 10.1. The van der Waals surface area contributed by atoms with Gasteiger partial charge < -0.3 is 4.52 Å². The van der Waals surface area contributed by atoms with Gasteiger partial charge in [0.15, 0.2) is 0 Å². The number of rotatable bonds is 4. The SMILES string of the molecule is Cc1cc(C)cc(OP(C(C)C)C(C)C)c1. The Morgan fingerprint density at radius 3 is 1.69 bits per heavy atom. The highest BCUT2D eigenvalue weighted by atomic mass is 31.1. The van der Waals surface area contributed by atoms with Crippen molar-refractivity contribution in [2.75, 3.05) is 0 Å². The van der Waals surface area contributed by atoms with Crippen molar-refractivity contribution in [1.82, 2.24) is 0 Å². The van der Waals surface area contributed by atoms with E-state index in [2.05, 4.69) is 59.7 Å². The van der Waals surface area contributed by atoms with E-state index in [-0.39, 0.29) is 8.15 Å². The van der Waals surface area contributed by atoms with Crippen LogP contribution in [0.25, 0.3) is 0 Å². The fourth-order valence-electron chi connectivity index (χ4n) is 1.91. The van der Waals surface area contributed by atoms with Crippen LogP contribution in [-0.4, -0.2) is 11.3 Å². The van der Waals surface area contributed by atoms with Crippen LogP contribution in [0.15, 0.2) is 18.2 Å². The third-order valence-corrected chi connectivity index (χ3v) is 4.88. The van der Waals surface area contributed by atoms with Crippen LogP contribution in [0.5, 0.6) is 5.75 Å². The summed E-state index contributed by atoms with van der Waals surface area (Å²) in [5, 5.41) is 0. The highest BCUT2D eigenvalue weighted by Gasteiger charge is 2.19. The number of hydrogen-bond acceptors (Lipinski definition) is 1. The minimum Gasteiger partial charge on any atom is -0.474 e. The van der Waals surface area contributed by atoms with Gasteiger partial charge in [-0.05, 0) is 37.1 Å². The molecule has 16 heavy (non-hydrogen) atoms. The topological polar surface area (TPSA) is 9.23 Å². The molecule has 0 spiro atoms. The fourth-order valence-corrected chi connectivity index (χ4v) is 3.88. The maximum atomic E-state index is 6.16. The maximum absolute atomic E-state index is 6.16. The predicted octanol–water partition coefficient (Wildman–Crippen LogP) is 4.90. The van der Waals surface area contributed by atoms with Gasteiger partial charge in [0.1, 0.15) is 5.75 Å². The average molecular weight is 238 g/mol. The van der Waals surface area contributed by atoms with Gasteiger partial charge in [0.2, 0.25) is 0 Å². The van der Waals surface area contributed by atoms with Gasteiger partial charge in [-0.15, -0.1) is 0 Å². The van der Waals surface area contributed by atoms with Gasteiger partial charge >= 0.3 is 0 Å². The molecule has 0 saturated heterocycles. The van der Waals surface area contributed by atoms with Gasteiger partial charge in [0, 0.05) is 11.3 Å². The number of benzene rings is 1. The number of hydrogen-bond donors (Lipinski definition) is 0. The Morgan fingerprint density at radius 1 is 0.875 bits per heavy atom. The van der Waals surface area contributed by atoms with E-state index in [0.29, 0.717) is 11.3 Å². The molecule has 90 valence electrons. The molecule has 0 atom stereocenters. The zero-order chi connectivity index (χ0) is 12.3. The molecular formula is C14H23OP. The first-order valence-corrected chi connectivity index (χ1v) is 7.34. The smallest absolute Gasteiger partial charge is 0.123 e. The first kappa shape index (κ1) is 13.5. The van der Waals surface area contributed by atoms with E-state index in [1.54, 1.807) is 0 Å². The van der Waals surface area contributed by atoms with E-state index in [4.69, 9.17) is 4.52 Å². The first-order valence-electron chi connectivity index (χ1n) is 5.94. The van der Waals surface area contributed by atoms with Crippen LogP contribution in [0, 0.1) is 13.8 Å². The molecule has 1 rings (SSSR count). The Morgan fingerprint density at radius 2 is 1.31 bits per heavy atom. The second-order valence-corrected chi connectivity index (χ2v) is 7.93. The largest absolute Gasteiger partial charge is 0.474 e. The third-order valence-electron chi connectivity index (χ3n) is 2.42. The summed E-state index contributed by atoms with van der Waals surface area (Å²) in [6.07, 6.45) is 0. The second kappa shape index (κ2) is 5.68. The molecule has 0 saturated carbocycles. The molecule has 0 aliphatic rings. The lowest BCUT2D eigenvalue weighted by Gasteiger charge is -2.25. The summed E-state index contributed by atoms with van der Waals surface area (Å²) in [5.74, 6) is 1.03. The minimum absolute atomic E-state index is 0.380. The van der Waals surface area contributed by atoms with Crippen molar-refractivity contribution in [2.24, 2.45) is 0 Å². The van der Waals surface area contributed by atoms with Gasteiger partial charge in [-0.1, -0.05) is 33.8 Å². The first-order chi connectivity index (χ1) is 7.40. The third kappa shape index (κ3) is 3.79. The summed E-state index contributed by atoms with van der Waals surface area (Å²) in [6.45, 7) is 13.2. The van der Waals surface area contributed by atoms with Gasteiger partial charge in [0.05, 0.1) is 8.15 Å². The van der Waals surface area contributed by atoms with Crippen molar-refractivity contribution in [1.29, 1.82) is 0 Å². The van der Waals surface area contributed by atoms with Crippen LogP contribution in [0.2, 0.25) is 0 Å². The molecule has 0 amide bonds. The van der Waals surface area contributed by atoms with E-state index in [1.807, 2.05) is 0 Å². The van der Waals surface area contributed by atoms with E-state index in [1.165, 1.54) is 11.1 Å². The zero-order valence-corrected chi connectivity index (χ0v) is 12.1. The molecule has 0 bridgehead atoms. The fraction of sp³-hybridized carbons (Fsp3) is 0.571. The van der Waals surface area contributed by atoms with Crippen LogP contribution in [-0.2, 0) is 0 Å². The van der Waals surface area contributed by atoms with Crippen molar-refractivity contribution < 1.29 is 4.52 Å². The lowest BCUT2D eigenvalue weighted by Crippen LogP contribution is -2.08. The molecule has 0 fully saturated rings. The maximum Gasteiger partial charge on any atom is 0.123 e. The average Bonchev–Trinajstić information content (AvgIpc) is 2.11. The van der Waals surface area contributed by atoms with Crippen molar-refractivity contribution in [3.8, 4) is 5.75 Å². The van der Waals surface area contributed by atoms with Crippen molar-refractivity contribution >= 4 is 8.15 Å². The monoisotopic (exact) mass is 238 g/mol. The van der Waals surface area contributed by atoms with Crippen LogP contribution in [0.4, 0.5) is 0 Å². The Kier molecular flexibility index (Phi) is 4.80. The lowest BCUT2D eigenvalue weighted by molar-refractivity contribution is 0.591. The van der Waals surface area contributed by atoms with E-state index < -0.39 is 0 Å². The summed E-state index contributed by atoms with van der Waals surface area (Å²) < 4.78 is 6.16. The van der Waals surface area contributed by atoms with Crippen LogP contribution in [0.1, 0.15) is 38.8 Å².